The van der Waals surface area contributed by atoms with E-state index in [4.69, 9.17) is 10.5 Å². The third kappa shape index (κ3) is 10.4. The van der Waals surface area contributed by atoms with E-state index in [-0.39, 0.29) is 0 Å². The Morgan fingerprint density at radius 1 is 0.800 bits per heavy atom. The van der Waals surface area contributed by atoms with Crippen molar-refractivity contribution in [2.75, 3.05) is 12.3 Å². The number of hydrogen-bond donors (Lipinski definition) is 1. The van der Waals surface area contributed by atoms with Crippen molar-refractivity contribution in [3.63, 3.8) is 0 Å². The Labute approximate surface area is 156 Å². The lowest BCUT2D eigenvalue weighted by molar-refractivity contribution is 0.305. The van der Waals surface area contributed by atoms with Gasteiger partial charge in [0.25, 0.3) is 0 Å². The average molecular weight is 348 g/mol. The molecular weight excluding hydrogens is 306 g/mol. The Kier molecular flexibility index (Phi) is 12.3. The standard InChI is InChI=1S/C23H41NO/c1-4-5-6-7-8-9-10-11-12-13-14-15-18-25-23-17-16-21(20(2)3)19-22(23)24/h16-17,19-20H,4-15,18,24H2,1-3H3. The molecule has 25 heavy (non-hydrogen) atoms. The van der Waals surface area contributed by atoms with Gasteiger partial charge in [-0.05, 0) is 30.0 Å². The van der Waals surface area contributed by atoms with Gasteiger partial charge >= 0.3 is 0 Å². The maximum absolute atomic E-state index is 6.08. The molecule has 0 saturated carbocycles. The van der Waals surface area contributed by atoms with Gasteiger partial charge in [-0.3, -0.25) is 0 Å². The van der Waals surface area contributed by atoms with Gasteiger partial charge in [-0.15, -0.1) is 0 Å². The van der Waals surface area contributed by atoms with E-state index in [1.54, 1.807) is 0 Å². The van der Waals surface area contributed by atoms with Gasteiger partial charge in [0.2, 0.25) is 0 Å². The van der Waals surface area contributed by atoms with E-state index in [2.05, 4.69) is 26.8 Å². The molecule has 2 heteroatoms. The summed E-state index contributed by atoms with van der Waals surface area (Å²) in [5.74, 6) is 1.35. The Morgan fingerprint density at radius 2 is 1.32 bits per heavy atom. The average Bonchev–Trinajstić information content (AvgIpc) is 2.60. The Balaban J connectivity index is 1.95. The summed E-state index contributed by atoms with van der Waals surface area (Å²) in [6.07, 6.45) is 16.4. The SMILES string of the molecule is CCCCCCCCCCCCCCOc1ccc(C(C)C)cc1N. The normalized spacial score (nSPS) is 11.2. The number of anilines is 1. The quantitative estimate of drug-likeness (QED) is 0.264. The molecule has 0 spiro atoms. The predicted molar refractivity (Wildman–Crippen MR) is 112 cm³/mol. The molecule has 1 rings (SSSR count). The zero-order chi connectivity index (χ0) is 18.3. The summed E-state index contributed by atoms with van der Waals surface area (Å²) >= 11 is 0. The Hall–Kier alpha value is -1.18. The van der Waals surface area contributed by atoms with Crippen LogP contribution in [0.15, 0.2) is 18.2 Å². The molecule has 0 aliphatic carbocycles. The lowest BCUT2D eigenvalue weighted by Gasteiger charge is -2.12. The molecule has 0 atom stereocenters. The first-order chi connectivity index (χ1) is 12.1. The zero-order valence-electron chi connectivity index (χ0n) is 17.0. The molecule has 0 bridgehead atoms. The highest BCUT2D eigenvalue weighted by Gasteiger charge is 2.04. The van der Waals surface area contributed by atoms with Crippen LogP contribution < -0.4 is 10.5 Å². The summed E-state index contributed by atoms with van der Waals surface area (Å²) in [4.78, 5) is 0. The molecular formula is C23H41NO. The van der Waals surface area contributed by atoms with Crippen LogP contribution in [-0.4, -0.2) is 6.61 Å². The third-order valence-electron chi connectivity index (χ3n) is 4.96. The molecule has 1 aromatic carbocycles. The third-order valence-corrected chi connectivity index (χ3v) is 4.96. The minimum atomic E-state index is 0.507. The van der Waals surface area contributed by atoms with Crippen molar-refractivity contribution in [2.45, 2.75) is 104 Å². The van der Waals surface area contributed by atoms with Crippen LogP contribution >= 0.6 is 0 Å². The molecule has 144 valence electrons. The van der Waals surface area contributed by atoms with Gasteiger partial charge in [0, 0.05) is 0 Å². The van der Waals surface area contributed by atoms with Crippen molar-refractivity contribution < 1.29 is 4.74 Å². The second-order valence-corrected chi connectivity index (χ2v) is 7.69. The fourth-order valence-electron chi connectivity index (χ4n) is 3.18. The molecule has 0 radical (unpaired) electrons. The first-order valence-electron chi connectivity index (χ1n) is 10.7. The molecule has 0 fully saturated rings. The highest BCUT2D eigenvalue weighted by Crippen LogP contribution is 2.26. The van der Waals surface area contributed by atoms with Crippen LogP contribution in [0.1, 0.15) is 109 Å². The maximum Gasteiger partial charge on any atom is 0.142 e. The van der Waals surface area contributed by atoms with Gasteiger partial charge in [0.1, 0.15) is 5.75 Å². The van der Waals surface area contributed by atoms with Crippen LogP contribution in [0.2, 0.25) is 0 Å². The molecule has 2 nitrogen and oxygen atoms in total. The van der Waals surface area contributed by atoms with Gasteiger partial charge in [0.05, 0.1) is 12.3 Å². The van der Waals surface area contributed by atoms with E-state index in [1.165, 1.54) is 76.2 Å². The summed E-state index contributed by atoms with van der Waals surface area (Å²) in [5, 5.41) is 0. The summed E-state index contributed by atoms with van der Waals surface area (Å²) in [5.41, 5.74) is 8.12. The van der Waals surface area contributed by atoms with Crippen molar-refractivity contribution >= 4 is 5.69 Å². The molecule has 2 N–H and O–H groups in total. The predicted octanol–water partition coefficient (Wildman–Crippen LogP) is 7.47. The van der Waals surface area contributed by atoms with E-state index >= 15 is 0 Å². The van der Waals surface area contributed by atoms with Crippen LogP contribution in [0.25, 0.3) is 0 Å². The van der Waals surface area contributed by atoms with Gasteiger partial charge in [-0.1, -0.05) is 97.5 Å². The molecule has 0 unspecified atom stereocenters. The van der Waals surface area contributed by atoms with Crippen molar-refractivity contribution in [3.05, 3.63) is 23.8 Å². The number of unbranched alkanes of at least 4 members (excludes halogenated alkanes) is 11. The number of ether oxygens (including phenoxy) is 1. The van der Waals surface area contributed by atoms with Crippen LogP contribution in [0.3, 0.4) is 0 Å². The number of benzene rings is 1. The van der Waals surface area contributed by atoms with Crippen LogP contribution in [0, 0.1) is 0 Å². The fourth-order valence-corrected chi connectivity index (χ4v) is 3.18. The Morgan fingerprint density at radius 3 is 1.80 bits per heavy atom. The van der Waals surface area contributed by atoms with Gasteiger partial charge in [-0.2, -0.15) is 0 Å². The van der Waals surface area contributed by atoms with Gasteiger partial charge in [-0.25, -0.2) is 0 Å². The second-order valence-electron chi connectivity index (χ2n) is 7.69. The fraction of sp³-hybridized carbons (Fsp3) is 0.739. The minimum Gasteiger partial charge on any atom is -0.491 e. The van der Waals surface area contributed by atoms with E-state index < -0.39 is 0 Å². The molecule has 0 amide bonds. The lowest BCUT2D eigenvalue weighted by Crippen LogP contribution is -2.01. The van der Waals surface area contributed by atoms with Crippen molar-refractivity contribution in [3.8, 4) is 5.75 Å². The topological polar surface area (TPSA) is 35.2 Å². The highest BCUT2D eigenvalue weighted by atomic mass is 16.5. The van der Waals surface area contributed by atoms with Crippen LogP contribution in [-0.2, 0) is 0 Å². The summed E-state index contributed by atoms with van der Waals surface area (Å²) in [7, 11) is 0. The molecule has 0 aliphatic rings. The maximum atomic E-state index is 6.08. The highest BCUT2D eigenvalue weighted by molar-refractivity contribution is 5.54. The van der Waals surface area contributed by atoms with Crippen LogP contribution in [0.5, 0.6) is 5.75 Å². The molecule has 0 saturated heterocycles. The van der Waals surface area contributed by atoms with Crippen molar-refractivity contribution in [2.24, 2.45) is 0 Å². The van der Waals surface area contributed by atoms with Crippen molar-refractivity contribution in [1.82, 2.24) is 0 Å². The lowest BCUT2D eigenvalue weighted by atomic mass is 10.0. The van der Waals surface area contributed by atoms with Crippen molar-refractivity contribution in [1.29, 1.82) is 0 Å². The summed E-state index contributed by atoms with van der Waals surface area (Å²) < 4.78 is 5.84. The van der Waals surface area contributed by atoms with E-state index in [9.17, 15) is 0 Å². The number of nitrogens with two attached hydrogens (primary N) is 1. The number of hydrogen-bond acceptors (Lipinski definition) is 2. The molecule has 0 aliphatic heterocycles. The molecule has 0 heterocycles. The first kappa shape index (κ1) is 21.9. The largest absolute Gasteiger partial charge is 0.491 e. The van der Waals surface area contributed by atoms with Crippen LogP contribution in [0.4, 0.5) is 5.69 Å². The monoisotopic (exact) mass is 347 g/mol. The first-order valence-corrected chi connectivity index (χ1v) is 10.7. The zero-order valence-corrected chi connectivity index (χ0v) is 17.0. The Bertz CT molecular complexity index is 442. The van der Waals surface area contributed by atoms with E-state index in [0.29, 0.717) is 5.92 Å². The van der Waals surface area contributed by atoms with E-state index in [0.717, 1.165) is 24.5 Å². The van der Waals surface area contributed by atoms with Gasteiger partial charge < -0.3 is 10.5 Å². The molecule has 1 aromatic rings. The number of nitrogen functional groups attached to an aromatic ring is 1. The smallest absolute Gasteiger partial charge is 0.142 e. The summed E-state index contributed by atoms with van der Waals surface area (Å²) in [6.45, 7) is 7.43. The second kappa shape index (κ2) is 14.0. The van der Waals surface area contributed by atoms with Gasteiger partial charge in [0.15, 0.2) is 0 Å². The summed E-state index contributed by atoms with van der Waals surface area (Å²) in [6, 6.07) is 6.19. The number of rotatable bonds is 15. The molecule has 0 aromatic heterocycles. The minimum absolute atomic E-state index is 0.507. The van der Waals surface area contributed by atoms with E-state index in [1.807, 2.05) is 12.1 Å².